The third-order valence-corrected chi connectivity index (χ3v) is 1.39. The van der Waals surface area contributed by atoms with Gasteiger partial charge in [0.05, 0.1) is 0 Å². The van der Waals surface area contributed by atoms with E-state index in [-0.39, 0.29) is 0 Å². The molecule has 0 bridgehead atoms. The molecule has 0 aliphatic carbocycles. The van der Waals surface area contributed by atoms with Crippen LogP contribution in [0.3, 0.4) is 0 Å². The molecule has 1 aromatic rings. The largest absolute Gasteiger partial charge is 0.0814 e. The van der Waals surface area contributed by atoms with E-state index in [4.69, 9.17) is 0 Å². The summed E-state index contributed by atoms with van der Waals surface area (Å²) in [4.78, 5) is 0. The first-order valence-electron chi connectivity index (χ1n) is 3.94. The van der Waals surface area contributed by atoms with Crippen LogP contribution in [0.15, 0.2) is 30.3 Å². The third kappa shape index (κ3) is 3.03. The zero-order valence-corrected chi connectivity index (χ0v) is 7.04. The van der Waals surface area contributed by atoms with Crippen molar-refractivity contribution in [3.63, 3.8) is 0 Å². The highest BCUT2D eigenvalue weighted by molar-refractivity contribution is 5.47. The van der Waals surface area contributed by atoms with Gasteiger partial charge in [-0.1, -0.05) is 50.3 Å². The zero-order chi connectivity index (χ0) is 8.10. The second-order valence-electron chi connectivity index (χ2n) is 2.92. The number of allylic oxidation sites excluding steroid dienone is 1. The SMILES string of the molecule is CC(C)C=Cc1[c]cccc1. The third-order valence-electron chi connectivity index (χ3n) is 1.39. The van der Waals surface area contributed by atoms with Gasteiger partial charge >= 0.3 is 0 Å². The summed E-state index contributed by atoms with van der Waals surface area (Å²) in [6.45, 7) is 4.33. The fraction of sp³-hybridized carbons (Fsp3) is 0.273. The Kier molecular flexibility index (Phi) is 2.91. The lowest BCUT2D eigenvalue weighted by Gasteiger charge is -1.93. The molecule has 0 unspecified atom stereocenters. The van der Waals surface area contributed by atoms with Crippen LogP contribution in [-0.4, -0.2) is 0 Å². The molecule has 1 rings (SSSR count). The molecule has 1 aromatic carbocycles. The van der Waals surface area contributed by atoms with E-state index < -0.39 is 0 Å². The molecule has 0 aliphatic heterocycles. The van der Waals surface area contributed by atoms with Gasteiger partial charge in [0, 0.05) is 0 Å². The van der Waals surface area contributed by atoms with Crippen LogP contribution < -0.4 is 0 Å². The van der Waals surface area contributed by atoms with Crippen LogP contribution in [0.2, 0.25) is 0 Å². The average Bonchev–Trinajstić information content (AvgIpc) is 2.03. The molecule has 57 valence electrons. The number of hydrogen-bond donors (Lipinski definition) is 0. The highest BCUT2D eigenvalue weighted by atomic mass is 13.9. The Morgan fingerprint density at radius 2 is 2.18 bits per heavy atom. The quantitative estimate of drug-likeness (QED) is 0.599. The lowest BCUT2D eigenvalue weighted by atomic mass is 10.1. The zero-order valence-electron chi connectivity index (χ0n) is 7.04. The molecule has 0 nitrogen and oxygen atoms in total. The first-order valence-corrected chi connectivity index (χ1v) is 3.94. The number of benzene rings is 1. The lowest BCUT2D eigenvalue weighted by Crippen LogP contribution is -1.77. The van der Waals surface area contributed by atoms with Gasteiger partial charge in [0.25, 0.3) is 0 Å². The maximum atomic E-state index is 3.14. The van der Waals surface area contributed by atoms with E-state index >= 15 is 0 Å². The van der Waals surface area contributed by atoms with Crippen LogP contribution >= 0.6 is 0 Å². The van der Waals surface area contributed by atoms with Crippen molar-refractivity contribution in [2.24, 2.45) is 5.92 Å². The summed E-state index contributed by atoms with van der Waals surface area (Å²) in [5, 5.41) is 0. The predicted octanol–water partition coefficient (Wildman–Crippen LogP) is 3.16. The number of rotatable bonds is 2. The lowest BCUT2D eigenvalue weighted by molar-refractivity contribution is 0.836. The summed E-state index contributed by atoms with van der Waals surface area (Å²) in [6, 6.07) is 11.1. The van der Waals surface area contributed by atoms with E-state index in [0.717, 1.165) is 5.56 Å². The Morgan fingerprint density at radius 1 is 1.36 bits per heavy atom. The van der Waals surface area contributed by atoms with Crippen molar-refractivity contribution in [1.82, 2.24) is 0 Å². The van der Waals surface area contributed by atoms with Gasteiger partial charge < -0.3 is 0 Å². The van der Waals surface area contributed by atoms with E-state index in [1.807, 2.05) is 18.2 Å². The molecule has 1 radical (unpaired) electrons. The van der Waals surface area contributed by atoms with Crippen molar-refractivity contribution in [1.29, 1.82) is 0 Å². The Morgan fingerprint density at radius 3 is 2.73 bits per heavy atom. The van der Waals surface area contributed by atoms with E-state index in [0.29, 0.717) is 5.92 Å². The monoisotopic (exact) mass is 145 g/mol. The molecule has 0 saturated heterocycles. The van der Waals surface area contributed by atoms with Crippen LogP contribution in [0, 0.1) is 12.0 Å². The van der Waals surface area contributed by atoms with Crippen LogP contribution in [0.1, 0.15) is 19.4 Å². The van der Waals surface area contributed by atoms with Crippen LogP contribution in [0.25, 0.3) is 6.08 Å². The van der Waals surface area contributed by atoms with E-state index in [1.165, 1.54) is 0 Å². The van der Waals surface area contributed by atoms with Crippen molar-refractivity contribution < 1.29 is 0 Å². The van der Waals surface area contributed by atoms with Gasteiger partial charge in [-0.3, -0.25) is 0 Å². The highest BCUT2D eigenvalue weighted by Gasteiger charge is 1.85. The molecular formula is C11H13. The predicted molar refractivity (Wildman–Crippen MR) is 49.2 cm³/mol. The Balaban J connectivity index is 2.65. The molecule has 11 heavy (non-hydrogen) atoms. The van der Waals surface area contributed by atoms with Crippen molar-refractivity contribution in [2.75, 3.05) is 0 Å². The van der Waals surface area contributed by atoms with Crippen molar-refractivity contribution in [3.8, 4) is 0 Å². The summed E-state index contributed by atoms with van der Waals surface area (Å²) in [6.07, 6.45) is 4.27. The van der Waals surface area contributed by atoms with E-state index in [9.17, 15) is 0 Å². The molecule has 0 saturated carbocycles. The standard InChI is InChI=1S/C11H13/c1-10(2)8-9-11-6-4-3-5-7-11/h3-6,8-10H,1-2H3. The summed E-state index contributed by atoms with van der Waals surface area (Å²) in [5.74, 6) is 0.614. The number of hydrogen-bond acceptors (Lipinski definition) is 0. The summed E-state index contributed by atoms with van der Waals surface area (Å²) < 4.78 is 0. The maximum absolute atomic E-state index is 3.14. The van der Waals surface area contributed by atoms with Gasteiger partial charge in [-0.25, -0.2) is 0 Å². The highest BCUT2D eigenvalue weighted by Crippen LogP contribution is 2.03. The van der Waals surface area contributed by atoms with Crippen LogP contribution in [0.5, 0.6) is 0 Å². The van der Waals surface area contributed by atoms with Crippen molar-refractivity contribution in [3.05, 3.63) is 42.0 Å². The van der Waals surface area contributed by atoms with Gasteiger partial charge in [0.2, 0.25) is 0 Å². The van der Waals surface area contributed by atoms with Gasteiger partial charge in [-0.15, -0.1) is 0 Å². The smallest absolute Gasteiger partial charge is 0.0106 e. The first kappa shape index (κ1) is 8.06. The van der Waals surface area contributed by atoms with Gasteiger partial charge in [0.1, 0.15) is 0 Å². The molecule has 0 atom stereocenters. The van der Waals surface area contributed by atoms with Gasteiger partial charge in [0.15, 0.2) is 0 Å². The molecular weight excluding hydrogens is 132 g/mol. The molecule has 0 spiro atoms. The molecule has 0 heterocycles. The van der Waals surface area contributed by atoms with Crippen LogP contribution in [-0.2, 0) is 0 Å². The summed E-state index contributed by atoms with van der Waals surface area (Å²) in [5.41, 5.74) is 1.15. The molecule has 0 aliphatic rings. The molecule has 0 heteroatoms. The maximum Gasteiger partial charge on any atom is -0.0106 e. The Bertz CT molecular complexity index is 219. The first-order chi connectivity index (χ1) is 5.29. The fourth-order valence-electron chi connectivity index (χ4n) is 0.807. The average molecular weight is 145 g/mol. The topological polar surface area (TPSA) is 0 Å². The van der Waals surface area contributed by atoms with Gasteiger partial charge in [-0.05, 0) is 17.5 Å². The molecule has 0 N–H and O–H groups in total. The molecule has 0 aromatic heterocycles. The molecule has 0 fully saturated rings. The Labute approximate surface area is 68.6 Å². The summed E-state index contributed by atoms with van der Waals surface area (Å²) in [7, 11) is 0. The normalized spacial score (nSPS) is 11.2. The van der Waals surface area contributed by atoms with Crippen molar-refractivity contribution >= 4 is 6.08 Å². The van der Waals surface area contributed by atoms with Crippen molar-refractivity contribution in [2.45, 2.75) is 13.8 Å². The van der Waals surface area contributed by atoms with Gasteiger partial charge in [-0.2, -0.15) is 0 Å². The fourth-order valence-corrected chi connectivity index (χ4v) is 0.807. The van der Waals surface area contributed by atoms with E-state index in [1.54, 1.807) is 0 Å². The second-order valence-corrected chi connectivity index (χ2v) is 2.92. The minimum absolute atomic E-state index is 0.614. The minimum atomic E-state index is 0.614. The minimum Gasteiger partial charge on any atom is -0.0814 e. The van der Waals surface area contributed by atoms with E-state index in [2.05, 4.69) is 38.1 Å². The second kappa shape index (κ2) is 3.97. The molecule has 0 amide bonds. The Hall–Kier alpha value is -1.04. The summed E-state index contributed by atoms with van der Waals surface area (Å²) >= 11 is 0. The van der Waals surface area contributed by atoms with Crippen LogP contribution in [0.4, 0.5) is 0 Å².